The average molecular weight is 419 g/mol. The van der Waals surface area contributed by atoms with Crippen LogP contribution in [0, 0.1) is 0 Å². The lowest BCUT2D eigenvalue weighted by molar-refractivity contribution is -0.138. The maximum absolute atomic E-state index is 12.8. The first-order valence-corrected chi connectivity index (χ1v) is 9.81. The van der Waals surface area contributed by atoms with Crippen molar-refractivity contribution in [2.45, 2.75) is 12.7 Å². The molecule has 3 rings (SSSR count). The SMILES string of the molecule is COc1cc(C(=O)O[C@@H](C(=O)N(C)C)c2ccccc2)ccc1OCc1ccccc1. The standard InChI is InChI=1S/C25H25NO5/c1-26(2)24(27)23(19-12-8-5-9-13-19)31-25(28)20-14-15-21(22(16-20)29-3)30-17-18-10-6-4-7-11-18/h4-16,23H,17H2,1-3H3/t23-/m1/s1. The van der Waals surface area contributed by atoms with Gasteiger partial charge in [-0.25, -0.2) is 4.79 Å². The minimum atomic E-state index is -1.04. The second-order valence-corrected chi connectivity index (χ2v) is 7.07. The van der Waals surface area contributed by atoms with Gasteiger partial charge in [0.25, 0.3) is 5.91 Å². The Morgan fingerprint density at radius 3 is 2.13 bits per heavy atom. The fourth-order valence-electron chi connectivity index (χ4n) is 2.95. The monoisotopic (exact) mass is 419 g/mol. The van der Waals surface area contributed by atoms with E-state index in [9.17, 15) is 9.59 Å². The number of carbonyl (C=O) groups excluding carboxylic acids is 2. The Bertz CT molecular complexity index is 1020. The fourth-order valence-corrected chi connectivity index (χ4v) is 2.95. The summed E-state index contributed by atoms with van der Waals surface area (Å²) in [6.07, 6.45) is -1.04. The topological polar surface area (TPSA) is 65.1 Å². The van der Waals surface area contributed by atoms with Gasteiger partial charge in [0.2, 0.25) is 6.10 Å². The summed E-state index contributed by atoms with van der Waals surface area (Å²) < 4.78 is 16.8. The van der Waals surface area contributed by atoms with Gasteiger partial charge in [0.15, 0.2) is 11.5 Å². The van der Waals surface area contributed by atoms with Crippen molar-refractivity contribution < 1.29 is 23.8 Å². The molecule has 160 valence electrons. The molecule has 0 heterocycles. The van der Waals surface area contributed by atoms with Crippen LogP contribution in [0.1, 0.15) is 27.6 Å². The summed E-state index contributed by atoms with van der Waals surface area (Å²) in [6, 6.07) is 23.5. The van der Waals surface area contributed by atoms with Crippen LogP contribution >= 0.6 is 0 Å². The number of nitrogens with zero attached hydrogens (tertiary/aromatic N) is 1. The largest absolute Gasteiger partial charge is 0.493 e. The molecule has 0 aliphatic heterocycles. The third-order valence-electron chi connectivity index (χ3n) is 4.63. The molecular formula is C25H25NO5. The van der Waals surface area contributed by atoms with Gasteiger partial charge in [0.05, 0.1) is 12.7 Å². The lowest BCUT2D eigenvalue weighted by Gasteiger charge is -2.21. The first-order valence-electron chi connectivity index (χ1n) is 9.81. The molecule has 0 fully saturated rings. The second-order valence-electron chi connectivity index (χ2n) is 7.07. The zero-order valence-corrected chi connectivity index (χ0v) is 17.8. The zero-order chi connectivity index (χ0) is 22.2. The maximum Gasteiger partial charge on any atom is 0.339 e. The van der Waals surface area contributed by atoms with Gasteiger partial charge in [-0.3, -0.25) is 4.79 Å². The Hall–Kier alpha value is -3.80. The average Bonchev–Trinajstić information content (AvgIpc) is 2.81. The number of ether oxygens (including phenoxy) is 3. The summed E-state index contributed by atoms with van der Waals surface area (Å²) in [7, 11) is 4.74. The Kier molecular flexibility index (Phi) is 7.27. The molecule has 0 unspecified atom stereocenters. The van der Waals surface area contributed by atoms with Gasteiger partial charge >= 0.3 is 5.97 Å². The number of hydrogen-bond acceptors (Lipinski definition) is 5. The van der Waals surface area contributed by atoms with Crippen molar-refractivity contribution in [2.24, 2.45) is 0 Å². The molecule has 0 aliphatic rings. The number of likely N-dealkylation sites (N-methyl/N-ethyl adjacent to an activating group) is 1. The van der Waals surface area contributed by atoms with E-state index in [1.807, 2.05) is 36.4 Å². The van der Waals surface area contributed by atoms with Gasteiger partial charge in [-0.1, -0.05) is 60.7 Å². The van der Waals surface area contributed by atoms with Crippen LogP contribution in [0.5, 0.6) is 11.5 Å². The number of rotatable bonds is 8. The van der Waals surface area contributed by atoms with Gasteiger partial charge in [-0.2, -0.15) is 0 Å². The molecule has 3 aromatic carbocycles. The molecule has 0 spiro atoms. The molecule has 0 N–H and O–H groups in total. The molecule has 6 nitrogen and oxygen atoms in total. The van der Waals surface area contributed by atoms with E-state index in [0.29, 0.717) is 23.7 Å². The molecule has 0 saturated heterocycles. The number of carbonyl (C=O) groups is 2. The van der Waals surface area contributed by atoms with Crippen molar-refractivity contribution >= 4 is 11.9 Å². The highest BCUT2D eigenvalue weighted by atomic mass is 16.5. The van der Waals surface area contributed by atoms with E-state index in [4.69, 9.17) is 14.2 Å². The third-order valence-corrected chi connectivity index (χ3v) is 4.63. The van der Waals surface area contributed by atoms with E-state index in [1.165, 1.54) is 12.0 Å². The van der Waals surface area contributed by atoms with E-state index >= 15 is 0 Å². The van der Waals surface area contributed by atoms with E-state index in [2.05, 4.69) is 0 Å². The summed E-state index contributed by atoms with van der Waals surface area (Å²) in [4.78, 5) is 26.8. The highest BCUT2D eigenvalue weighted by molar-refractivity contribution is 5.93. The zero-order valence-electron chi connectivity index (χ0n) is 17.8. The van der Waals surface area contributed by atoms with Crippen molar-refractivity contribution in [1.82, 2.24) is 4.90 Å². The number of hydrogen-bond donors (Lipinski definition) is 0. The van der Waals surface area contributed by atoms with Crippen molar-refractivity contribution in [3.8, 4) is 11.5 Å². The van der Waals surface area contributed by atoms with Gasteiger partial charge in [-0.15, -0.1) is 0 Å². The van der Waals surface area contributed by atoms with Gasteiger partial charge < -0.3 is 19.1 Å². The number of benzene rings is 3. The Morgan fingerprint density at radius 1 is 0.871 bits per heavy atom. The third kappa shape index (κ3) is 5.63. The quantitative estimate of drug-likeness (QED) is 0.511. The Balaban J connectivity index is 1.77. The lowest BCUT2D eigenvalue weighted by Crippen LogP contribution is -2.31. The summed E-state index contributed by atoms with van der Waals surface area (Å²) in [5.41, 5.74) is 1.88. The molecule has 0 saturated carbocycles. The predicted molar refractivity (Wildman–Crippen MR) is 117 cm³/mol. The van der Waals surface area contributed by atoms with Gasteiger partial charge in [0.1, 0.15) is 6.61 Å². The molecule has 3 aromatic rings. The molecular weight excluding hydrogens is 394 g/mol. The van der Waals surface area contributed by atoms with Crippen LogP contribution < -0.4 is 9.47 Å². The summed E-state index contributed by atoms with van der Waals surface area (Å²) >= 11 is 0. The fraction of sp³-hybridized carbons (Fsp3) is 0.200. The van der Waals surface area contributed by atoms with Crippen LogP contribution in [-0.4, -0.2) is 38.0 Å². The van der Waals surface area contributed by atoms with Crippen LogP contribution in [0.2, 0.25) is 0 Å². The highest BCUT2D eigenvalue weighted by Gasteiger charge is 2.27. The first-order chi connectivity index (χ1) is 15.0. The maximum atomic E-state index is 12.8. The number of amides is 1. The van der Waals surface area contributed by atoms with Gasteiger partial charge in [-0.05, 0) is 23.8 Å². The smallest absolute Gasteiger partial charge is 0.339 e. The van der Waals surface area contributed by atoms with Crippen LogP contribution in [-0.2, 0) is 16.1 Å². The molecule has 0 aliphatic carbocycles. The van der Waals surface area contributed by atoms with Gasteiger partial charge in [0, 0.05) is 19.7 Å². The highest BCUT2D eigenvalue weighted by Crippen LogP contribution is 2.30. The van der Waals surface area contributed by atoms with E-state index in [-0.39, 0.29) is 11.5 Å². The normalized spacial score (nSPS) is 11.3. The second kappa shape index (κ2) is 10.3. The molecule has 6 heteroatoms. The van der Waals surface area contributed by atoms with Crippen LogP contribution in [0.25, 0.3) is 0 Å². The first kappa shape index (κ1) is 21.9. The Labute approximate surface area is 182 Å². The molecule has 1 atom stereocenters. The molecule has 0 aromatic heterocycles. The summed E-state index contributed by atoms with van der Waals surface area (Å²) in [5.74, 6) is -0.0428. The summed E-state index contributed by atoms with van der Waals surface area (Å²) in [5, 5.41) is 0. The number of esters is 1. The molecule has 1 amide bonds. The Morgan fingerprint density at radius 2 is 1.52 bits per heavy atom. The van der Waals surface area contributed by atoms with Crippen molar-refractivity contribution in [1.29, 1.82) is 0 Å². The van der Waals surface area contributed by atoms with Crippen molar-refractivity contribution in [3.63, 3.8) is 0 Å². The number of methoxy groups -OCH3 is 1. The van der Waals surface area contributed by atoms with E-state index < -0.39 is 12.1 Å². The lowest BCUT2D eigenvalue weighted by atomic mass is 10.1. The van der Waals surface area contributed by atoms with Crippen LogP contribution in [0.15, 0.2) is 78.9 Å². The predicted octanol–water partition coefficient (Wildman–Crippen LogP) is 4.26. The van der Waals surface area contributed by atoms with Crippen LogP contribution in [0.4, 0.5) is 0 Å². The van der Waals surface area contributed by atoms with Crippen LogP contribution in [0.3, 0.4) is 0 Å². The van der Waals surface area contributed by atoms with E-state index in [1.54, 1.807) is 56.6 Å². The minimum Gasteiger partial charge on any atom is -0.493 e. The van der Waals surface area contributed by atoms with Crippen molar-refractivity contribution in [2.75, 3.05) is 21.2 Å². The molecule has 0 radical (unpaired) electrons. The molecule has 31 heavy (non-hydrogen) atoms. The summed E-state index contributed by atoms with van der Waals surface area (Å²) in [6.45, 7) is 0.369. The van der Waals surface area contributed by atoms with E-state index in [0.717, 1.165) is 5.56 Å². The molecule has 0 bridgehead atoms. The minimum absolute atomic E-state index is 0.261. The van der Waals surface area contributed by atoms with Crippen molar-refractivity contribution in [3.05, 3.63) is 95.6 Å².